The molecule has 0 bridgehead atoms. The first kappa shape index (κ1) is 11.9. The van der Waals surface area contributed by atoms with E-state index in [0.717, 1.165) is 0 Å². The van der Waals surface area contributed by atoms with E-state index in [0.29, 0.717) is 12.1 Å². The molecule has 1 radical (unpaired) electrons. The Morgan fingerprint density at radius 2 is 1.19 bits per heavy atom. The lowest BCUT2D eigenvalue weighted by Gasteiger charge is -2.41. The third-order valence-electron chi connectivity index (χ3n) is 4.22. The first-order chi connectivity index (χ1) is 7.79. The van der Waals surface area contributed by atoms with Crippen molar-refractivity contribution in [1.82, 2.24) is 4.90 Å². The average molecular weight is 222 g/mol. The van der Waals surface area contributed by atoms with Crippen molar-refractivity contribution in [2.24, 2.45) is 0 Å². The van der Waals surface area contributed by atoms with E-state index in [-0.39, 0.29) is 5.91 Å². The van der Waals surface area contributed by atoms with Gasteiger partial charge in [0.05, 0.1) is 0 Å². The fourth-order valence-corrected chi connectivity index (χ4v) is 3.42. The second-order valence-electron chi connectivity index (χ2n) is 5.38. The lowest BCUT2D eigenvalue weighted by Crippen LogP contribution is -2.47. The van der Waals surface area contributed by atoms with Gasteiger partial charge in [-0.05, 0) is 25.7 Å². The van der Waals surface area contributed by atoms with Crippen molar-refractivity contribution in [3.8, 4) is 0 Å². The summed E-state index contributed by atoms with van der Waals surface area (Å²) in [5, 5.41) is 0. The number of nitrogens with zero attached hydrogens (tertiary/aromatic N) is 1. The number of hydrogen-bond acceptors (Lipinski definition) is 1. The Hall–Kier alpha value is -0.530. The first-order valence-corrected chi connectivity index (χ1v) is 6.93. The van der Waals surface area contributed by atoms with Gasteiger partial charge >= 0.3 is 0 Å². The number of carbonyl (C=O) groups excluding carboxylic acids is 1. The van der Waals surface area contributed by atoms with Crippen LogP contribution in [-0.4, -0.2) is 22.9 Å². The third-order valence-corrected chi connectivity index (χ3v) is 4.22. The standard InChI is InChI=1S/C14H24NO/c1-12(16)15(13-8-4-2-5-9-13)14-10-6-3-7-11-14/h13-14H,1-11H2. The van der Waals surface area contributed by atoms with E-state index >= 15 is 0 Å². The van der Waals surface area contributed by atoms with Gasteiger partial charge in [0.1, 0.15) is 0 Å². The predicted molar refractivity (Wildman–Crippen MR) is 65.9 cm³/mol. The molecule has 2 fully saturated rings. The maximum Gasteiger partial charge on any atom is 0.223 e. The zero-order chi connectivity index (χ0) is 11.4. The van der Waals surface area contributed by atoms with Crippen LogP contribution in [0.3, 0.4) is 0 Å². The SMILES string of the molecule is [CH2]C(=O)N(C1CCCCC1)C1CCCCC1. The molecule has 0 spiro atoms. The van der Waals surface area contributed by atoms with Crippen molar-refractivity contribution in [2.75, 3.05) is 0 Å². The van der Waals surface area contributed by atoms with Crippen LogP contribution in [0.5, 0.6) is 0 Å². The molecule has 0 aromatic heterocycles. The van der Waals surface area contributed by atoms with E-state index in [1.807, 2.05) is 0 Å². The van der Waals surface area contributed by atoms with Gasteiger partial charge < -0.3 is 4.90 Å². The van der Waals surface area contributed by atoms with E-state index in [2.05, 4.69) is 11.8 Å². The van der Waals surface area contributed by atoms with Gasteiger partial charge in [0.25, 0.3) is 0 Å². The molecule has 0 heterocycles. The summed E-state index contributed by atoms with van der Waals surface area (Å²) in [4.78, 5) is 13.9. The number of hydrogen-bond donors (Lipinski definition) is 0. The summed E-state index contributed by atoms with van der Waals surface area (Å²) in [7, 11) is 0. The highest BCUT2D eigenvalue weighted by molar-refractivity contribution is 5.81. The van der Waals surface area contributed by atoms with Crippen LogP contribution in [0, 0.1) is 6.92 Å². The number of carbonyl (C=O) groups is 1. The molecule has 91 valence electrons. The summed E-state index contributed by atoms with van der Waals surface area (Å²) in [5.41, 5.74) is 0. The summed E-state index contributed by atoms with van der Waals surface area (Å²) in [6.07, 6.45) is 12.7. The summed E-state index contributed by atoms with van der Waals surface area (Å²) >= 11 is 0. The highest BCUT2D eigenvalue weighted by Gasteiger charge is 2.30. The third kappa shape index (κ3) is 2.78. The van der Waals surface area contributed by atoms with E-state index in [4.69, 9.17) is 0 Å². The molecule has 2 heteroatoms. The molecule has 0 saturated heterocycles. The van der Waals surface area contributed by atoms with Crippen LogP contribution in [0.1, 0.15) is 64.2 Å². The molecule has 16 heavy (non-hydrogen) atoms. The summed E-state index contributed by atoms with van der Waals surface area (Å²) in [5.74, 6) is 0.0683. The smallest absolute Gasteiger partial charge is 0.223 e. The molecule has 0 aromatic carbocycles. The van der Waals surface area contributed by atoms with Crippen molar-refractivity contribution in [1.29, 1.82) is 0 Å². The maximum absolute atomic E-state index is 11.8. The van der Waals surface area contributed by atoms with Crippen molar-refractivity contribution in [2.45, 2.75) is 76.3 Å². The summed E-state index contributed by atoms with van der Waals surface area (Å²) in [6, 6.07) is 1.00. The Balaban J connectivity index is 1.99. The fourth-order valence-electron chi connectivity index (χ4n) is 3.42. The molecule has 0 N–H and O–H groups in total. The maximum atomic E-state index is 11.8. The van der Waals surface area contributed by atoms with Gasteiger partial charge in [0.2, 0.25) is 5.91 Å². The van der Waals surface area contributed by atoms with Crippen LogP contribution >= 0.6 is 0 Å². The summed E-state index contributed by atoms with van der Waals surface area (Å²) < 4.78 is 0. The molecule has 2 nitrogen and oxygen atoms in total. The summed E-state index contributed by atoms with van der Waals surface area (Å²) in [6.45, 7) is 3.68. The molecule has 0 aromatic rings. The van der Waals surface area contributed by atoms with E-state index in [1.165, 1.54) is 64.2 Å². The predicted octanol–water partition coefficient (Wildman–Crippen LogP) is 3.31. The topological polar surface area (TPSA) is 20.3 Å². The minimum Gasteiger partial charge on any atom is -0.337 e. The highest BCUT2D eigenvalue weighted by atomic mass is 16.2. The lowest BCUT2D eigenvalue weighted by molar-refractivity contribution is -0.132. The highest BCUT2D eigenvalue weighted by Crippen LogP contribution is 2.30. The Kier molecular flexibility index (Phi) is 4.25. The van der Waals surface area contributed by atoms with Crippen LogP contribution in [0.15, 0.2) is 0 Å². The van der Waals surface area contributed by atoms with Gasteiger partial charge in [-0.25, -0.2) is 0 Å². The largest absolute Gasteiger partial charge is 0.337 e. The van der Waals surface area contributed by atoms with Gasteiger partial charge in [-0.2, -0.15) is 0 Å². The molecule has 0 unspecified atom stereocenters. The van der Waals surface area contributed by atoms with E-state index < -0.39 is 0 Å². The molecule has 1 amide bonds. The average Bonchev–Trinajstić information content (AvgIpc) is 2.31. The lowest BCUT2D eigenvalue weighted by atomic mass is 9.88. The van der Waals surface area contributed by atoms with Gasteiger partial charge in [0, 0.05) is 19.0 Å². The monoisotopic (exact) mass is 222 g/mol. The first-order valence-electron chi connectivity index (χ1n) is 6.93. The fraction of sp³-hybridized carbons (Fsp3) is 0.857. The molecule has 2 aliphatic rings. The van der Waals surface area contributed by atoms with Gasteiger partial charge in [0.15, 0.2) is 0 Å². The van der Waals surface area contributed by atoms with Crippen LogP contribution in [0.4, 0.5) is 0 Å². The van der Waals surface area contributed by atoms with Crippen molar-refractivity contribution in [3.05, 3.63) is 6.92 Å². The Morgan fingerprint density at radius 1 is 0.812 bits per heavy atom. The molecular formula is C14H24NO. The van der Waals surface area contributed by atoms with Crippen molar-refractivity contribution in [3.63, 3.8) is 0 Å². The zero-order valence-corrected chi connectivity index (χ0v) is 10.3. The molecule has 0 atom stereocenters. The minimum absolute atomic E-state index is 0.0683. The Labute approximate surface area is 99.4 Å². The number of rotatable bonds is 2. The molecule has 2 rings (SSSR count). The second-order valence-corrected chi connectivity index (χ2v) is 5.38. The van der Waals surface area contributed by atoms with Gasteiger partial charge in [-0.3, -0.25) is 4.79 Å². The second kappa shape index (κ2) is 5.70. The van der Waals surface area contributed by atoms with Crippen LogP contribution in [0.2, 0.25) is 0 Å². The van der Waals surface area contributed by atoms with Gasteiger partial charge in [-0.15, -0.1) is 0 Å². The van der Waals surface area contributed by atoms with Crippen LogP contribution < -0.4 is 0 Å². The molecule has 0 aliphatic heterocycles. The zero-order valence-electron chi connectivity index (χ0n) is 10.3. The van der Waals surface area contributed by atoms with Gasteiger partial charge in [-0.1, -0.05) is 38.5 Å². The normalized spacial score (nSPS) is 24.3. The minimum atomic E-state index is 0.0683. The van der Waals surface area contributed by atoms with E-state index in [1.54, 1.807) is 0 Å². The van der Waals surface area contributed by atoms with Crippen molar-refractivity contribution >= 4 is 5.91 Å². The van der Waals surface area contributed by atoms with Crippen molar-refractivity contribution < 1.29 is 4.79 Å². The molecule has 2 saturated carbocycles. The molecular weight excluding hydrogens is 198 g/mol. The quantitative estimate of drug-likeness (QED) is 0.702. The van der Waals surface area contributed by atoms with Crippen LogP contribution in [-0.2, 0) is 4.79 Å². The number of amides is 1. The Morgan fingerprint density at radius 3 is 1.50 bits per heavy atom. The molecule has 2 aliphatic carbocycles. The van der Waals surface area contributed by atoms with E-state index in [9.17, 15) is 4.79 Å². The Bertz CT molecular complexity index is 209. The van der Waals surface area contributed by atoms with Crippen LogP contribution in [0.25, 0.3) is 0 Å².